The molecule has 21 heavy (non-hydrogen) atoms. The molecule has 1 N–H and O–H groups in total. The first-order valence-electron chi connectivity index (χ1n) is 7.12. The van der Waals surface area contributed by atoms with Gasteiger partial charge in [-0.1, -0.05) is 30.3 Å². The van der Waals surface area contributed by atoms with Crippen LogP contribution in [-0.2, 0) is 6.54 Å². The van der Waals surface area contributed by atoms with Crippen LogP contribution in [0.4, 0.5) is 5.69 Å². The molecule has 0 bridgehead atoms. The van der Waals surface area contributed by atoms with E-state index in [-0.39, 0.29) is 0 Å². The largest absolute Gasteiger partial charge is 0.385 e. The Morgan fingerprint density at radius 1 is 1.05 bits per heavy atom. The van der Waals surface area contributed by atoms with Crippen LogP contribution in [0.5, 0.6) is 0 Å². The van der Waals surface area contributed by atoms with Crippen LogP contribution in [-0.4, -0.2) is 21.1 Å². The summed E-state index contributed by atoms with van der Waals surface area (Å²) in [5, 5.41) is 3.31. The molecule has 3 aromatic rings. The highest BCUT2D eigenvalue weighted by molar-refractivity contribution is 5.55. The highest BCUT2D eigenvalue weighted by atomic mass is 15.1. The summed E-state index contributed by atoms with van der Waals surface area (Å²) in [5.41, 5.74) is 3.23. The summed E-state index contributed by atoms with van der Waals surface area (Å²) in [6.45, 7) is 3.71. The molecule has 0 aliphatic rings. The van der Waals surface area contributed by atoms with Crippen LogP contribution in [0.3, 0.4) is 0 Å². The number of anilines is 1. The van der Waals surface area contributed by atoms with Crippen molar-refractivity contribution in [3.05, 3.63) is 66.7 Å². The fourth-order valence-corrected chi connectivity index (χ4v) is 2.34. The van der Waals surface area contributed by atoms with Crippen molar-refractivity contribution in [2.45, 2.75) is 13.5 Å². The Morgan fingerprint density at radius 2 is 1.90 bits per heavy atom. The van der Waals surface area contributed by atoms with Gasteiger partial charge in [-0.3, -0.25) is 4.98 Å². The van der Waals surface area contributed by atoms with Crippen LogP contribution < -0.4 is 5.32 Å². The molecule has 106 valence electrons. The molecule has 0 aliphatic carbocycles. The van der Waals surface area contributed by atoms with E-state index in [1.807, 2.05) is 42.9 Å². The van der Waals surface area contributed by atoms with Gasteiger partial charge in [-0.2, -0.15) is 0 Å². The second-order valence-corrected chi connectivity index (χ2v) is 4.81. The van der Waals surface area contributed by atoms with Gasteiger partial charge in [0.2, 0.25) is 0 Å². The summed E-state index contributed by atoms with van der Waals surface area (Å²) in [6, 6.07) is 14.3. The Labute approximate surface area is 124 Å². The van der Waals surface area contributed by atoms with Crippen molar-refractivity contribution in [2.24, 2.45) is 0 Å². The van der Waals surface area contributed by atoms with Crippen LogP contribution in [0.2, 0.25) is 0 Å². The van der Waals surface area contributed by atoms with E-state index in [0.29, 0.717) is 6.54 Å². The quantitative estimate of drug-likeness (QED) is 0.777. The van der Waals surface area contributed by atoms with Crippen LogP contribution in [0, 0.1) is 0 Å². The van der Waals surface area contributed by atoms with Gasteiger partial charge in [0.25, 0.3) is 0 Å². The Morgan fingerprint density at radius 3 is 2.71 bits per heavy atom. The first-order valence-corrected chi connectivity index (χ1v) is 7.12. The number of hydrogen-bond acceptors (Lipinski definition) is 3. The average Bonchev–Trinajstić information content (AvgIpc) is 2.97. The fraction of sp³-hybridized carbons (Fsp3) is 0.176. The fourth-order valence-electron chi connectivity index (χ4n) is 2.34. The molecule has 0 radical (unpaired) electrons. The first-order chi connectivity index (χ1) is 10.4. The minimum atomic E-state index is 0.712. The van der Waals surface area contributed by atoms with E-state index >= 15 is 0 Å². The van der Waals surface area contributed by atoms with Crippen LogP contribution in [0.1, 0.15) is 12.6 Å². The predicted molar refractivity (Wildman–Crippen MR) is 85.2 cm³/mol. The Hall–Kier alpha value is -2.62. The summed E-state index contributed by atoms with van der Waals surface area (Å²) < 4.78 is 2.12. The lowest BCUT2D eigenvalue weighted by Crippen LogP contribution is -2.04. The maximum absolute atomic E-state index is 4.46. The van der Waals surface area contributed by atoms with E-state index in [2.05, 4.69) is 45.0 Å². The van der Waals surface area contributed by atoms with Crippen molar-refractivity contribution in [3.8, 4) is 11.4 Å². The van der Waals surface area contributed by atoms with Crippen LogP contribution in [0.25, 0.3) is 11.4 Å². The Bertz CT molecular complexity index is 704. The third-order valence-corrected chi connectivity index (χ3v) is 3.28. The smallest absolute Gasteiger partial charge is 0.140 e. The molecule has 0 saturated heterocycles. The van der Waals surface area contributed by atoms with Gasteiger partial charge in [-0.25, -0.2) is 4.98 Å². The number of imidazole rings is 1. The topological polar surface area (TPSA) is 42.7 Å². The third kappa shape index (κ3) is 3.11. The Kier molecular flexibility index (Phi) is 3.96. The monoisotopic (exact) mass is 278 g/mol. The van der Waals surface area contributed by atoms with Crippen molar-refractivity contribution in [3.63, 3.8) is 0 Å². The van der Waals surface area contributed by atoms with E-state index in [1.165, 1.54) is 0 Å². The molecule has 0 atom stereocenters. The number of hydrogen-bond donors (Lipinski definition) is 1. The van der Waals surface area contributed by atoms with Gasteiger partial charge < -0.3 is 9.88 Å². The zero-order valence-corrected chi connectivity index (χ0v) is 12.0. The zero-order chi connectivity index (χ0) is 14.5. The lowest BCUT2D eigenvalue weighted by atomic mass is 10.2. The summed E-state index contributed by atoms with van der Waals surface area (Å²) in [4.78, 5) is 8.90. The van der Waals surface area contributed by atoms with Gasteiger partial charge in [-0.05, 0) is 19.1 Å². The summed E-state index contributed by atoms with van der Waals surface area (Å²) in [6.07, 6.45) is 5.66. The summed E-state index contributed by atoms with van der Waals surface area (Å²) in [5.74, 6) is 0.964. The molecule has 0 fully saturated rings. The van der Waals surface area contributed by atoms with Crippen molar-refractivity contribution in [1.82, 2.24) is 14.5 Å². The van der Waals surface area contributed by atoms with Crippen LogP contribution in [0.15, 0.2) is 61.1 Å². The molecule has 0 aliphatic heterocycles. The number of nitrogens with zero attached hydrogens (tertiary/aromatic N) is 3. The SMILES string of the molecule is CCNc1ccnc(Cn2ccnc2-c2ccccc2)c1. The summed E-state index contributed by atoms with van der Waals surface area (Å²) in [7, 11) is 0. The summed E-state index contributed by atoms with van der Waals surface area (Å²) >= 11 is 0. The standard InChI is InChI=1S/C17H18N4/c1-2-18-15-8-9-19-16(12-15)13-21-11-10-20-17(21)14-6-4-3-5-7-14/h3-12H,2,13H2,1H3,(H,18,19). The predicted octanol–water partition coefficient (Wildman–Crippen LogP) is 3.43. The van der Waals surface area contributed by atoms with Crippen LogP contribution >= 0.6 is 0 Å². The Balaban J connectivity index is 1.86. The molecule has 0 spiro atoms. The van der Waals surface area contributed by atoms with E-state index in [9.17, 15) is 0 Å². The molecule has 0 unspecified atom stereocenters. The molecule has 0 saturated carbocycles. The molecule has 3 rings (SSSR count). The maximum atomic E-state index is 4.46. The van der Waals surface area contributed by atoms with E-state index in [1.54, 1.807) is 0 Å². The van der Waals surface area contributed by atoms with Crippen molar-refractivity contribution >= 4 is 5.69 Å². The second kappa shape index (κ2) is 6.22. The normalized spacial score (nSPS) is 10.5. The van der Waals surface area contributed by atoms with Crippen molar-refractivity contribution < 1.29 is 0 Å². The number of nitrogens with one attached hydrogen (secondary N) is 1. The van der Waals surface area contributed by atoms with Gasteiger partial charge in [0.15, 0.2) is 0 Å². The molecular weight excluding hydrogens is 260 g/mol. The molecule has 0 amide bonds. The minimum absolute atomic E-state index is 0.712. The molecule has 4 nitrogen and oxygen atoms in total. The molecule has 2 heterocycles. The molecule has 1 aromatic carbocycles. The lowest BCUT2D eigenvalue weighted by Gasteiger charge is -2.09. The molecule has 2 aromatic heterocycles. The highest BCUT2D eigenvalue weighted by Gasteiger charge is 2.06. The van der Waals surface area contributed by atoms with Gasteiger partial charge in [0, 0.05) is 36.4 Å². The molecular formula is C17H18N4. The average molecular weight is 278 g/mol. The van der Waals surface area contributed by atoms with E-state index < -0.39 is 0 Å². The lowest BCUT2D eigenvalue weighted by molar-refractivity contribution is 0.782. The van der Waals surface area contributed by atoms with Gasteiger partial charge in [0.05, 0.1) is 12.2 Å². The number of benzene rings is 1. The van der Waals surface area contributed by atoms with Crippen molar-refractivity contribution in [1.29, 1.82) is 0 Å². The van der Waals surface area contributed by atoms with Gasteiger partial charge >= 0.3 is 0 Å². The van der Waals surface area contributed by atoms with Gasteiger partial charge in [-0.15, -0.1) is 0 Å². The van der Waals surface area contributed by atoms with Crippen molar-refractivity contribution in [2.75, 3.05) is 11.9 Å². The second-order valence-electron chi connectivity index (χ2n) is 4.81. The third-order valence-electron chi connectivity index (χ3n) is 3.28. The first kappa shape index (κ1) is 13.4. The maximum Gasteiger partial charge on any atom is 0.140 e. The number of pyridine rings is 1. The van der Waals surface area contributed by atoms with Gasteiger partial charge in [0.1, 0.15) is 5.82 Å². The van der Waals surface area contributed by atoms with E-state index in [0.717, 1.165) is 29.3 Å². The minimum Gasteiger partial charge on any atom is -0.385 e. The number of aromatic nitrogens is 3. The molecule has 4 heteroatoms. The van der Waals surface area contributed by atoms with E-state index in [4.69, 9.17) is 0 Å². The highest BCUT2D eigenvalue weighted by Crippen LogP contribution is 2.18. The number of rotatable bonds is 5. The zero-order valence-electron chi connectivity index (χ0n) is 12.0.